The highest BCUT2D eigenvalue weighted by Gasteiger charge is 2.35. The van der Waals surface area contributed by atoms with Crippen molar-refractivity contribution >= 4 is 22.5 Å². The lowest BCUT2D eigenvalue weighted by molar-refractivity contribution is 0.0344. The molecule has 0 bridgehead atoms. The van der Waals surface area contributed by atoms with Crippen LogP contribution in [-0.2, 0) is 0 Å². The Kier molecular flexibility index (Phi) is 8.58. The minimum atomic E-state index is -1.35. The fraction of sp³-hybridized carbons (Fsp3) is 0.393. The van der Waals surface area contributed by atoms with Crippen molar-refractivity contribution in [3.63, 3.8) is 0 Å². The summed E-state index contributed by atoms with van der Waals surface area (Å²) in [6.07, 6.45) is 1.99. The quantitative estimate of drug-likeness (QED) is 0.222. The molecule has 0 spiro atoms. The van der Waals surface area contributed by atoms with Gasteiger partial charge in [0.1, 0.15) is 17.7 Å². The second kappa shape index (κ2) is 11.7. The Balaban J connectivity index is 1.38. The van der Waals surface area contributed by atoms with Crippen molar-refractivity contribution < 1.29 is 27.4 Å². The van der Waals surface area contributed by atoms with Crippen LogP contribution in [0.3, 0.4) is 0 Å². The van der Waals surface area contributed by atoms with Gasteiger partial charge >= 0.3 is 0 Å². The molecule has 1 aromatic heterocycles. The number of halogens is 5. The van der Waals surface area contributed by atoms with Gasteiger partial charge in [-0.3, -0.25) is 9.88 Å². The summed E-state index contributed by atoms with van der Waals surface area (Å²) in [6, 6.07) is 6.57. The number of ether oxygens (including phenoxy) is 1. The van der Waals surface area contributed by atoms with E-state index in [1.807, 2.05) is 4.90 Å². The van der Waals surface area contributed by atoms with E-state index < -0.39 is 29.0 Å². The summed E-state index contributed by atoms with van der Waals surface area (Å²) in [4.78, 5) is 6.29. The van der Waals surface area contributed by atoms with Crippen LogP contribution in [0.2, 0.25) is 5.02 Å². The topological polar surface area (TPSA) is 45.6 Å². The maximum absolute atomic E-state index is 15.6. The summed E-state index contributed by atoms with van der Waals surface area (Å²) in [7, 11) is 1.54. The van der Waals surface area contributed by atoms with Crippen LogP contribution in [0, 0.1) is 34.7 Å². The molecular weight excluding hydrogens is 508 g/mol. The van der Waals surface area contributed by atoms with Crippen molar-refractivity contribution in [3.8, 4) is 17.6 Å². The van der Waals surface area contributed by atoms with Crippen LogP contribution in [0.15, 0.2) is 36.5 Å². The third-order valence-corrected chi connectivity index (χ3v) is 7.38. The van der Waals surface area contributed by atoms with E-state index in [2.05, 4.69) is 16.8 Å². The van der Waals surface area contributed by atoms with E-state index in [1.54, 1.807) is 18.2 Å². The number of aliphatic hydroxyl groups excluding tert-OH is 1. The molecule has 1 saturated heterocycles. The second-order valence-electron chi connectivity index (χ2n) is 9.39. The maximum Gasteiger partial charge on any atom is 0.174 e. The number of alkyl halides is 1. The summed E-state index contributed by atoms with van der Waals surface area (Å²) in [6.45, 7) is 1.40. The third kappa shape index (κ3) is 6.18. The van der Waals surface area contributed by atoms with Crippen molar-refractivity contribution in [2.24, 2.45) is 5.41 Å². The molecule has 4 rings (SSSR count). The molecule has 0 unspecified atom stereocenters. The highest BCUT2D eigenvalue weighted by Crippen LogP contribution is 2.41. The van der Waals surface area contributed by atoms with Gasteiger partial charge in [0.2, 0.25) is 0 Å². The zero-order valence-corrected chi connectivity index (χ0v) is 21.1. The zero-order valence-electron chi connectivity index (χ0n) is 20.3. The molecule has 37 heavy (non-hydrogen) atoms. The SMILES string of the molecule is COc1ccc2ncc(Cl)c([C@@H](F)CCC3(CO)CCN(CC#Cc4cc(F)cc(F)c4F)CC3)c2c1. The molecule has 196 valence electrons. The van der Waals surface area contributed by atoms with Gasteiger partial charge in [-0.05, 0) is 68.5 Å². The molecule has 9 heteroatoms. The van der Waals surface area contributed by atoms with Crippen LogP contribution in [-0.4, -0.2) is 48.3 Å². The molecule has 1 aliphatic heterocycles. The minimum Gasteiger partial charge on any atom is -0.497 e. The Morgan fingerprint density at radius 1 is 1.19 bits per heavy atom. The van der Waals surface area contributed by atoms with Gasteiger partial charge in [0.05, 0.1) is 29.8 Å². The molecular formula is C28H27ClF4N2O2. The van der Waals surface area contributed by atoms with Crippen molar-refractivity contribution in [1.29, 1.82) is 0 Å². The van der Waals surface area contributed by atoms with E-state index in [0.29, 0.717) is 60.6 Å². The Bertz CT molecular complexity index is 1330. The lowest BCUT2D eigenvalue weighted by Crippen LogP contribution is -2.42. The number of nitrogens with zero attached hydrogens (tertiary/aromatic N) is 2. The second-order valence-corrected chi connectivity index (χ2v) is 9.80. The number of rotatable bonds is 7. The molecule has 1 N–H and O–H groups in total. The Morgan fingerprint density at radius 3 is 2.65 bits per heavy atom. The summed E-state index contributed by atoms with van der Waals surface area (Å²) in [5.74, 6) is 2.50. The molecule has 4 nitrogen and oxygen atoms in total. The van der Waals surface area contributed by atoms with Crippen molar-refractivity contribution in [2.75, 3.05) is 33.4 Å². The molecule has 0 saturated carbocycles. The van der Waals surface area contributed by atoms with Crippen LogP contribution in [0.5, 0.6) is 5.75 Å². The number of likely N-dealkylation sites (tertiary alicyclic amines) is 1. The Labute approximate surface area is 218 Å². The number of pyridine rings is 1. The first-order valence-corrected chi connectivity index (χ1v) is 12.4. The van der Waals surface area contributed by atoms with Gasteiger partial charge in [0.25, 0.3) is 0 Å². The zero-order chi connectivity index (χ0) is 26.6. The highest BCUT2D eigenvalue weighted by molar-refractivity contribution is 6.32. The molecule has 1 atom stereocenters. The van der Waals surface area contributed by atoms with E-state index in [9.17, 15) is 18.3 Å². The molecule has 2 heterocycles. The van der Waals surface area contributed by atoms with E-state index in [4.69, 9.17) is 16.3 Å². The lowest BCUT2D eigenvalue weighted by atomic mass is 9.74. The van der Waals surface area contributed by atoms with Gasteiger partial charge < -0.3 is 9.84 Å². The molecule has 1 aliphatic rings. The Morgan fingerprint density at radius 2 is 1.95 bits per heavy atom. The number of fused-ring (bicyclic) bond motifs is 1. The normalized spacial score (nSPS) is 16.3. The van der Waals surface area contributed by atoms with Crippen LogP contribution in [0.25, 0.3) is 10.9 Å². The maximum atomic E-state index is 15.6. The predicted molar refractivity (Wildman–Crippen MR) is 135 cm³/mol. The van der Waals surface area contributed by atoms with Crippen molar-refractivity contribution in [1.82, 2.24) is 9.88 Å². The Hall–Kier alpha value is -2.86. The first-order valence-electron chi connectivity index (χ1n) is 12.0. The lowest BCUT2D eigenvalue weighted by Gasteiger charge is -2.40. The van der Waals surface area contributed by atoms with E-state index >= 15 is 4.39 Å². The van der Waals surface area contributed by atoms with Gasteiger partial charge in [-0.2, -0.15) is 0 Å². The van der Waals surface area contributed by atoms with Crippen molar-refractivity contribution in [2.45, 2.75) is 31.9 Å². The average Bonchev–Trinajstić information content (AvgIpc) is 2.90. The summed E-state index contributed by atoms with van der Waals surface area (Å²) in [5, 5.41) is 11.0. The minimum absolute atomic E-state index is 0.0777. The largest absolute Gasteiger partial charge is 0.497 e. The van der Waals surface area contributed by atoms with E-state index in [-0.39, 0.29) is 30.2 Å². The molecule has 0 radical (unpaired) electrons. The molecule has 3 aromatic rings. The molecule has 0 aliphatic carbocycles. The first kappa shape index (κ1) is 27.2. The smallest absolute Gasteiger partial charge is 0.174 e. The van der Waals surface area contributed by atoms with Gasteiger partial charge in [-0.15, -0.1) is 0 Å². The van der Waals surface area contributed by atoms with E-state index in [0.717, 1.165) is 6.07 Å². The number of hydrogen-bond donors (Lipinski definition) is 1. The number of piperidine rings is 1. The number of aliphatic hydroxyl groups is 1. The van der Waals surface area contributed by atoms with Crippen LogP contribution < -0.4 is 4.74 Å². The molecule has 0 amide bonds. The van der Waals surface area contributed by atoms with Gasteiger partial charge in [-0.25, -0.2) is 17.6 Å². The molecule has 1 fully saturated rings. The van der Waals surface area contributed by atoms with Gasteiger partial charge in [0, 0.05) is 29.8 Å². The summed E-state index contributed by atoms with van der Waals surface area (Å²) >= 11 is 6.35. The summed E-state index contributed by atoms with van der Waals surface area (Å²) < 4.78 is 61.3. The predicted octanol–water partition coefficient (Wildman–Crippen LogP) is 6.23. The fourth-order valence-corrected chi connectivity index (χ4v) is 5.03. The monoisotopic (exact) mass is 534 g/mol. The number of aromatic nitrogens is 1. The van der Waals surface area contributed by atoms with Gasteiger partial charge in [-0.1, -0.05) is 23.4 Å². The summed E-state index contributed by atoms with van der Waals surface area (Å²) in [5.41, 5.74) is 0.217. The van der Waals surface area contributed by atoms with E-state index in [1.165, 1.54) is 13.3 Å². The average molecular weight is 535 g/mol. The van der Waals surface area contributed by atoms with Crippen LogP contribution in [0.4, 0.5) is 17.6 Å². The van der Waals surface area contributed by atoms with Gasteiger partial charge in [0.15, 0.2) is 11.6 Å². The van der Waals surface area contributed by atoms with Crippen LogP contribution in [0.1, 0.15) is 43.0 Å². The number of benzene rings is 2. The fourth-order valence-electron chi connectivity index (χ4n) is 4.76. The number of hydrogen-bond acceptors (Lipinski definition) is 4. The van der Waals surface area contributed by atoms with Crippen LogP contribution >= 0.6 is 11.6 Å². The first-order chi connectivity index (χ1) is 17.7. The van der Waals surface area contributed by atoms with Crippen molar-refractivity contribution in [3.05, 3.63) is 70.1 Å². The number of methoxy groups -OCH3 is 1. The molecule has 2 aromatic carbocycles. The standard InChI is InChI=1S/C28H27ClF4N2O2/c1-37-20-4-5-25-21(15-20)26(22(29)16-34-25)23(31)6-7-28(17-36)8-11-35(12-9-28)10-2-3-18-13-19(30)14-24(32)27(18)33/h4-5,13-16,23,36H,6-12,17H2,1H3/t23-/m0/s1. The third-order valence-electron chi connectivity index (χ3n) is 7.08. The highest BCUT2D eigenvalue weighted by atomic mass is 35.5.